The number of carbonyl (C=O) groups is 1. The van der Waals surface area contributed by atoms with E-state index >= 15 is 0 Å². The Morgan fingerprint density at radius 1 is 1.42 bits per heavy atom. The predicted molar refractivity (Wildman–Crippen MR) is 47.1 cm³/mol. The summed E-state index contributed by atoms with van der Waals surface area (Å²) in [4.78, 5) is 13.0. The Morgan fingerprint density at radius 2 is 2.08 bits per heavy atom. The van der Waals surface area contributed by atoms with Gasteiger partial charge in [0.25, 0.3) is 0 Å². The molecule has 3 heteroatoms. The monoisotopic (exact) mass is 171 g/mol. The number of hydrogen-bond donors (Lipinski definition) is 1. The van der Waals surface area contributed by atoms with Crippen LogP contribution in [0.3, 0.4) is 0 Å². The smallest absolute Gasteiger partial charge is 0.323 e. The van der Waals surface area contributed by atoms with Gasteiger partial charge >= 0.3 is 5.97 Å². The minimum Gasteiger partial charge on any atom is -0.480 e. The second-order valence-electron chi connectivity index (χ2n) is 3.81. The Bertz CT molecular complexity index is 181. The molecule has 12 heavy (non-hydrogen) atoms. The molecule has 0 bridgehead atoms. The Hall–Kier alpha value is -0.570. The normalized spacial score (nSPS) is 32.8. The van der Waals surface area contributed by atoms with Gasteiger partial charge in [-0.3, -0.25) is 9.69 Å². The quantitative estimate of drug-likeness (QED) is 0.647. The second kappa shape index (κ2) is 3.44. The fraction of sp³-hybridized carbons (Fsp3) is 0.889. The van der Waals surface area contributed by atoms with Crippen molar-refractivity contribution >= 4 is 5.97 Å². The van der Waals surface area contributed by atoms with Gasteiger partial charge in [-0.05, 0) is 33.4 Å². The van der Waals surface area contributed by atoms with Crippen molar-refractivity contribution in [2.24, 2.45) is 0 Å². The van der Waals surface area contributed by atoms with E-state index in [2.05, 4.69) is 0 Å². The fourth-order valence-corrected chi connectivity index (χ4v) is 1.70. The molecule has 0 unspecified atom stereocenters. The van der Waals surface area contributed by atoms with Gasteiger partial charge in [0, 0.05) is 0 Å². The van der Waals surface area contributed by atoms with E-state index in [9.17, 15) is 4.79 Å². The first-order valence-electron chi connectivity index (χ1n) is 4.52. The van der Waals surface area contributed by atoms with Gasteiger partial charge < -0.3 is 5.11 Å². The summed E-state index contributed by atoms with van der Waals surface area (Å²) in [5.41, 5.74) is -0.628. The molecule has 0 aromatic heterocycles. The lowest BCUT2D eigenvalue weighted by Gasteiger charge is -2.32. The van der Waals surface area contributed by atoms with Crippen molar-refractivity contribution in [3.05, 3.63) is 0 Å². The van der Waals surface area contributed by atoms with E-state index in [1.54, 1.807) is 0 Å². The van der Waals surface area contributed by atoms with Gasteiger partial charge in [-0.25, -0.2) is 0 Å². The Balaban J connectivity index is 2.75. The maximum Gasteiger partial charge on any atom is 0.323 e. The first kappa shape index (κ1) is 9.52. The molecule has 0 radical (unpaired) electrons. The molecular formula is C9H17NO2. The molecule has 1 aliphatic rings. The number of carboxylic acid groups (broad SMARTS) is 1. The zero-order valence-electron chi connectivity index (χ0n) is 7.84. The molecule has 1 saturated heterocycles. The van der Waals surface area contributed by atoms with Crippen LogP contribution in [0.5, 0.6) is 0 Å². The lowest BCUT2D eigenvalue weighted by molar-refractivity contribution is -0.149. The summed E-state index contributed by atoms with van der Waals surface area (Å²) in [6.45, 7) is 2.73. The number of likely N-dealkylation sites (N-methyl/N-ethyl adjacent to an activating group) is 1. The van der Waals surface area contributed by atoms with Crippen LogP contribution in [0, 0.1) is 0 Å². The molecule has 3 nitrogen and oxygen atoms in total. The number of aliphatic carboxylic acids is 1. The van der Waals surface area contributed by atoms with Crippen LogP contribution in [0.25, 0.3) is 0 Å². The summed E-state index contributed by atoms with van der Waals surface area (Å²) in [7, 11) is 1.90. The van der Waals surface area contributed by atoms with Crippen LogP contribution in [-0.4, -0.2) is 35.1 Å². The van der Waals surface area contributed by atoms with Gasteiger partial charge in [0.15, 0.2) is 0 Å². The minimum atomic E-state index is -0.688. The highest BCUT2D eigenvalue weighted by atomic mass is 16.4. The molecular weight excluding hydrogens is 154 g/mol. The molecule has 1 aliphatic heterocycles. The van der Waals surface area contributed by atoms with E-state index in [4.69, 9.17) is 5.11 Å². The molecule has 0 amide bonds. The average molecular weight is 171 g/mol. The fourth-order valence-electron chi connectivity index (χ4n) is 1.70. The molecule has 1 rings (SSSR count). The number of carboxylic acids is 1. The second-order valence-corrected chi connectivity index (χ2v) is 3.81. The van der Waals surface area contributed by atoms with Crippen molar-refractivity contribution < 1.29 is 9.90 Å². The lowest BCUT2D eigenvalue weighted by atomic mass is 9.95. The van der Waals surface area contributed by atoms with E-state index in [-0.39, 0.29) is 0 Å². The van der Waals surface area contributed by atoms with Crippen LogP contribution < -0.4 is 0 Å². The van der Waals surface area contributed by atoms with Gasteiger partial charge in [0.1, 0.15) is 5.54 Å². The van der Waals surface area contributed by atoms with Crippen molar-refractivity contribution in [3.8, 4) is 0 Å². The van der Waals surface area contributed by atoms with Crippen LogP contribution in [0.15, 0.2) is 0 Å². The van der Waals surface area contributed by atoms with Crippen molar-refractivity contribution in [3.63, 3.8) is 0 Å². The van der Waals surface area contributed by atoms with Crippen molar-refractivity contribution in [1.82, 2.24) is 4.90 Å². The summed E-state index contributed by atoms with van der Waals surface area (Å²) < 4.78 is 0. The molecule has 70 valence electrons. The molecule has 0 spiro atoms. The van der Waals surface area contributed by atoms with Crippen LogP contribution in [0.4, 0.5) is 0 Å². The van der Waals surface area contributed by atoms with Gasteiger partial charge in [-0.1, -0.05) is 12.8 Å². The van der Waals surface area contributed by atoms with Crippen LogP contribution >= 0.6 is 0 Å². The highest BCUT2D eigenvalue weighted by Gasteiger charge is 2.37. The highest BCUT2D eigenvalue weighted by Crippen LogP contribution is 2.25. The summed E-state index contributed by atoms with van der Waals surface area (Å²) >= 11 is 0. The van der Waals surface area contributed by atoms with Gasteiger partial charge in [-0.2, -0.15) is 0 Å². The molecule has 0 saturated carbocycles. The zero-order chi connectivity index (χ0) is 9.19. The SMILES string of the molecule is CN1CCCCC[C@]1(C)C(=O)O. The van der Waals surface area contributed by atoms with Gasteiger partial charge in [0.05, 0.1) is 0 Å². The predicted octanol–water partition coefficient (Wildman–Crippen LogP) is 1.34. The molecule has 0 aromatic rings. The molecule has 0 aromatic carbocycles. The molecule has 1 N–H and O–H groups in total. The number of likely N-dealkylation sites (tertiary alicyclic amines) is 1. The largest absolute Gasteiger partial charge is 0.480 e. The third kappa shape index (κ3) is 1.61. The number of hydrogen-bond acceptors (Lipinski definition) is 2. The van der Waals surface area contributed by atoms with Crippen molar-refractivity contribution in [2.45, 2.75) is 38.1 Å². The molecule has 1 heterocycles. The zero-order valence-corrected chi connectivity index (χ0v) is 7.84. The van der Waals surface area contributed by atoms with Crippen LogP contribution in [0.2, 0.25) is 0 Å². The topological polar surface area (TPSA) is 40.5 Å². The molecule has 1 atom stereocenters. The summed E-state index contributed by atoms with van der Waals surface area (Å²) in [6.07, 6.45) is 4.10. The lowest BCUT2D eigenvalue weighted by Crippen LogP contribution is -2.49. The Labute approximate surface area is 73.4 Å². The van der Waals surface area contributed by atoms with E-state index in [0.29, 0.717) is 0 Å². The van der Waals surface area contributed by atoms with E-state index in [0.717, 1.165) is 32.2 Å². The summed E-state index contributed by atoms with van der Waals surface area (Å²) in [6, 6.07) is 0. The highest BCUT2D eigenvalue weighted by molar-refractivity contribution is 5.78. The molecule has 1 fully saturated rings. The number of rotatable bonds is 1. The minimum absolute atomic E-state index is 0.628. The number of nitrogens with zero attached hydrogens (tertiary/aromatic N) is 1. The van der Waals surface area contributed by atoms with E-state index in [1.807, 2.05) is 18.9 Å². The average Bonchev–Trinajstić information content (AvgIpc) is 2.16. The van der Waals surface area contributed by atoms with E-state index < -0.39 is 11.5 Å². The van der Waals surface area contributed by atoms with E-state index in [1.165, 1.54) is 0 Å². The summed E-state index contributed by atoms with van der Waals surface area (Å²) in [5, 5.41) is 9.05. The first-order valence-corrected chi connectivity index (χ1v) is 4.52. The van der Waals surface area contributed by atoms with Crippen LogP contribution in [-0.2, 0) is 4.79 Å². The third-order valence-electron chi connectivity index (χ3n) is 2.96. The van der Waals surface area contributed by atoms with Crippen molar-refractivity contribution in [1.29, 1.82) is 0 Å². The van der Waals surface area contributed by atoms with Crippen molar-refractivity contribution in [2.75, 3.05) is 13.6 Å². The maximum absolute atomic E-state index is 11.0. The Morgan fingerprint density at radius 3 is 2.67 bits per heavy atom. The standard InChI is InChI=1S/C9H17NO2/c1-9(8(11)12)6-4-3-5-7-10(9)2/h3-7H2,1-2H3,(H,11,12)/t9-/m1/s1. The third-order valence-corrected chi connectivity index (χ3v) is 2.96. The maximum atomic E-state index is 11.0. The van der Waals surface area contributed by atoms with Gasteiger partial charge in [-0.15, -0.1) is 0 Å². The Kier molecular flexibility index (Phi) is 2.73. The van der Waals surface area contributed by atoms with Crippen LogP contribution in [0.1, 0.15) is 32.6 Å². The summed E-state index contributed by atoms with van der Waals surface area (Å²) in [5.74, 6) is -0.688. The first-order chi connectivity index (χ1) is 5.57. The molecule has 0 aliphatic carbocycles. The van der Waals surface area contributed by atoms with Gasteiger partial charge in [0.2, 0.25) is 0 Å².